The minimum absolute atomic E-state index is 0.285. The van der Waals surface area contributed by atoms with Crippen LogP contribution in [0.3, 0.4) is 0 Å². The number of nitrogens with zero attached hydrogens (tertiary/aromatic N) is 3. The van der Waals surface area contributed by atoms with Crippen molar-refractivity contribution in [2.75, 3.05) is 13.1 Å². The van der Waals surface area contributed by atoms with Crippen molar-refractivity contribution < 1.29 is 27.1 Å². The molecule has 51 heavy (non-hydrogen) atoms. The second kappa shape index (κ2) is 14.1. The van der Waals surface area contributed by atoms with Gasteiger partial charge in [-0.15, -0.1) is 0 Å². The van der Waals surface area contributed by atoms with Crippen molar-refractivity contribution in [3.63, 3.8) is 0 Å². The first-order valence-corrected chi connectivity index (χ1v) is 17.2. The minimum Gasteiger partial charge on any atom is -0.444 e. The summed E-state index contributed by atoms with van der Waals surface area (Å²) in [6.45, 7) is 6.15. The summed E-state index contributed by atoms with van der Waals surface area (Å²) in [6.07, 6.45) is -3.62. The van der Waals surface area contributed by atoms with Crippen molar-refractivity contribution in [2.24, 2.45) is 0 Å². The van der Waals surface area contributed by atoms with Gasteiger partial charge in [-0.2, -0.15) is 13.2 Å². The van der Waals surface area contributed by atoms with Gasteiger partial charge in [-0.05, 0) is 82.8 Å². The number of rotatable bonds is 8. The molecule has 1 aromatic heterocycles. The van der Waals surface area contributed by atoms with E-state index in [4.69, 9.17) is 4.74 Å². The van der Waals surface area contributed by atoms with E-state index in [0.717, 1.165) is 39.4 Å². The van der Waals surface area contributed by atoms with Gasteiger partial charge in [-0.25, -0.2) is 14.0 Å². The maximum atomic E-state index is 15.3. The van der Waals surface area contributed by atoms with Crippen LogP contribution in [0, 0.1) is 5.82 Å². The zero-order valence-electron chi connectivity index (χ0n) is 28.9. The first-order valence-electron chi connectivity index (χ1n) is 17.2. The Kier molecular flexibility index (Phi) is 10.0. The van der Waals surface area contributed by atoms with Gasteiger partial charge in [0, 0.05) is 28.8 Å². The molecule has 1 N–H and O–H groups in total. The van der Waals surface area contributed by atoms with Crippen LogP contribution in [0.2, 0.25) is 0 Å². The highest BCUT2D eigenvalue weighted by molar-refractivity contribution is 5.68. The van der Waals surface area contributed by atoms with Crippen LogP contribution in [-0.2, 0) is 42.4 Å². The zero-order chi connectivity index (χ0) is 36.6. The third-order valence-corrected chi connectivity index (χ3v) is 9.97. The van der Waals surface area contributed by atoms with Crippen LogP contribution in [-0.4, -0.2) is 38.8 Å². The summed E-state index contributed by atoms with van der Waals surface area (Å²) < 4.78 is 65.4. The van der Waals surface area contributed by atoms with Gasteiger partial charge in [-0.1, -0.05) is 66.7 Å². The summed E-state index contributed by atoms with van der Waals surface area (Å²) >= 11 is 0. The molecule has 1 spiro atoms. The first kappa shape index (κ1) is 36.1. The number of alkyl carbamates (subject to hydrolysis) is 1. The van der Waals surface area contributed by atoms with Gasteiger partial charge in [0.15, 0.2) is 0 Å². The molecule has 3 aromatic carbocycles. The van der Waals surface area contributed by atoms with Crippen molar-refractivity contribution in [2.45, 2.75) is 89.3 Å². The predicted octanol–water partition coefficient (Wildman–Crippen LogP) is 6.96. The summed E-state index contributed by atoms with van der Waals surface area (Å²) in [5.74, 6) is -1.10. The summed E-state index contributed by atoms with van der Waals surface area (Å²) in [7, 11) is 0. The number of halogens is 4. The Bertz CT molecular complexity index is 1990. The van der Waals surface area contributed by atoms with E-state index in [-0.39, 0.29) is 13.0 Å². The number of carbonyl (C=O) groups excluding carboxylic acids is 1. The van der Waals surface area contributed by atoms with Gasteiger partial charge in [0.05, 0.1) is 24.7 Å². The Labute approximate surface area is 293 Å². The SMILES string of the molecule is CC(C)(C)OC(=O)N[C@@H](Cn1c(=O)c2c(n(Cc3c(F)cccc3C(F)(F)F)c1=O)CCC21CCN(Cc2ccccc2)CC1)c1ccccc1. The van der Waals surface area contributed by atoms with E-state index in [9.17, 15) is 27.6 Å². The Morgan fingerprint density at radius 1 is 0.863 bits per heavy atom. The van der Waals surface area contributed by atoms with E-state index in [0.29, 0.717) is 49.2 Å². The van der Waals surface area contributed by atoms with Gasteiger partial charge < -0.3 is 10.1 Å². The highest BCUT2D eigenvalue weighted by Crippen LogP contribution is 2.45. The van der Waals surface area contributed by atoms with Gasteiger partial charge >= 0.3 is 18.0 Å². The molecule has 1 aliphatic heterocycles. The highest BCUT2D eigenvalue weighted by Gasteiger charge is 2.46. The standard InChI is InChI=1S/C39H42F4N4O4/c1-37(2,3)51-35(49)44-31(27-13-8-5-9-14-27)25-47-34(48)33-32(46(36(47)50)24-28-29(39(41,42)43)15-10-16-30(28)40)17-18-38(33)19-21-45(22-20-38)23-26-11-6-4-7-12-26/h4-16,31H,17-25H2,1-3H3,(H,44,49)/t31-/m0/s1. The average Bonchev–Trinajstić information content (AvgIpc) is 3.44. The van der Waals surface area contributed by atoms with Crippen LogP contribution in [0.25, 0.3) is 0 Å². The molecule has 1 aliphatic carbocycles. The van der Waals surface area contributed by atoms with Gasteiger partial charge in [0.2, 0.25) is 0 Å². The largest absolute Gasteiger partial charge is 0.444 e. The number of amides is 1. The quantitative estimate of drug-likeness (QED) is 0.200. The molecule has 4 aromatic rings. The fourth-order valence-electron chi connectivity index (χ4n) is 7.52. The zero-order valence-corrected chi connectivity index (χ0v) is 28.9. The van der Waals surface area contributed by atoms with Crippen molar-refractivity contribution in [1.82, 2.24) is 19.4 Å². The molecule has 1 amide bonds. The Balaban J connectivity index is 1.45. The Morgan fingerprint density at radius 3 is 2.14 bits per heavy atom. The molecule has 270 valence electrons. The molecule has 0 saturated carbocycles. The summed E-state index contributed by atoms with van der Waals surface area (Å²) in [6, 6.07) is 20.6. The summed E-state index contributed by atoms with van der Waals surface area (Å²) in [5, 5.41) is 2.78. The predicted molar refractivity (Wildman–Crippen MR) is 185 cm³/mol. The van der Waals surface area contributed by atoms with Gasteiger partial charge in [0.1, 0.15) is 11.4 Å². The van der Waals surface area contributed by atoms with Gasteiger partial charge in [-0.3, -0.25) is 18.8 Å². The molecule has 0 radical (unpaired) electrons. The second-order valence-corrected chi connectivity index (χ2v) is 14.5. The summed E-state index contributed by atoms with van der Waals surface area (Å²) in [4.78, 5) is 44.4. The molecule has 0 unspecified atom stereocenters. The van der Waals surface area contributed by atoms with E-state index >= 15 is 4.39 Å². The second-order valence-electron chi connectivity index (χ2n) is 14.5. The van der Waals surface area contributed by atoms with Crippen LogP contribution >= 0.6 is 0 Å². The van der Waals surface area contributed by atoms with E-state index in [1.54, 1.807) is 51.1 Å². The normalized spacial score (nSPS) is 16.5. The van der Waals surface area contributed by atoms with E-state index < -0.39 is 64.1 Å². The molecule has 1 saturated heterocycles. The Hall–Kier alpha value is -4.71. The average molecular weight is 707 g/mol. The smallest absolute Gasteiger partial charge is 0.416 e. The molecular formula is C39H42F4N4O4. The molecule has 8 nitrogen and oxygen atoms in total. The van der Waals surface area contributed by atoms with Crippen LogP contribution in [0.1, 0.15) is 79.6 Å². The van der Waals surface area contributed by atoms with Crippen LogP contribution in [0.15, 0.2) is 88.5 Å². The number of ether oxygens (including phenoxy) is 1. The number of hydrogen-bond donors (Lipinski definition) is 1. The number of carbonyl (C=O) groups is 1. The van der Waals surface area contributed by atoms with Crippen molar-refractivity contribution in [1.29, 1.82) is 0 Å². The topological polar surface area (TPSA) is 85.6 Å². The maximum Gasteiger partial charge on any atom is 0.416 e. The number of alkyl halides is 3. The lowest BCUT2D eigenvalue weighted by Gasteiger charge is -2.40. The first-order chi connectivity index (χ1) is 24.1. The van der Waals surface area contributed by atoms with E-state index in [1.807, 2.05) is 18.2 Å². The number of benzene rings is 3. The number of aromatic nitrogens is 2. The monoisotopic (exact) mass is 706 g/mol. The highest BCUT2D eigenvalue weighted by atomic mass is 19.4. The lowest BCUT2D eigenvalue weighted by Crippen LogP contribution is -2.50. The fraction of sp³-hybridized carbons (Fsp3) is 0.410. The Morgan fingerprint density at radius 2 is 1.51 bits per heavy atom. The van der Waals surface area contributed by atoms with Crippen molar-refractivity contribution >= 4 is 6.09 Å². The number of likely N-dealkylation sites (tertiary alicyclic amines) is 1. The molecule has 6 rings (SSSR count). The van der Waals surface area contributed by atoms with Crippen molar-refractivity contribution in [3.05, 3.63) is 139 Å². The summed E-state index contributed by atoms with van der Waals surface area (Å²) in [5.41, 5.74) is -2.27. The van der Waals surface area contributed by atoms with E-state index in [2.05, 4.69) is 22.3 Å². The number of nitrogens with one attached hydrogen (secondary N) is 1. The molecule has 1 atom stereocenters. The number of hydrogen-bond acceptors (Lipinski definition) is 5. The molecular weight excluding hydrogens is 664 g/mol. The molecule has 1 fully saturated rings. The fourth-order valence-corrected chi connectivity index (χ4v) is 7.52. The lowest BCUT2D eigenvalue weighted by molar-refractivity contribution is -0.138. The lowest BCUT2D eigenvalue weighted by atomic mass is 9.74. The molecule has 12 heteroatoms. The van der Waals surface area contributed by atoms with Crippen LogP contribution in [0.5, 0.6) is 0 Å². The third kappa shape index (κ3) is 7.80. The molecule has 2 heterocycles. The molecule has 0 bridgehead atoms. The molecule has 2 aliphatic rings. The minimum atomic E-state index is -4.87. The van der Waals surface area contributed by atoms with Gasteiger partial charge in [0.25, 0.3) is 5.56 Å². The van der Waals surface area contributed by atoms with E-state index in [1.165, 1.54) is 0 Å². The number of piperidine rings is 1. The third-order valence-electron chi connectivity index (χ3n) is 9.97. The van der Waals surface area contributed by atoms with Crippen LogP contribution in [0.4, 0.5) is 22.4 Å². The van der Waals surface area contributed by atoms with Crippen molar-refractivity contribution in [3.8, 4) is 0 Å². The number of fused-ring (bicyclic) bond motifs is 2. The van der Waals surface area contributed by atoms with Crippen LogP contribution < -0.4 is 16.6 Å². The maximum absolute atomic E-state index is 15.3.